The van der Waals surface area contributed by atoms with Gasteiger partial charge in [-0.3, -0.25) is 0 Å². The number of alkyl halides is 1. The molecule has 0 spiro atoms. The first-order valence-electron chi connectivity index (χ1n) is 11.2. The van der Waals surface area contributed by atoms with Gasteiger partial charge in [-0.2, -0.15) is 0 Å². The van der Waals surface area contributed by atoms with Crippen LogP contribution in [0.25, 0.3) is 0 Å². The van der Waals surface area contributed by atoms with Crippen molar-refractivity contribution >= 4 is 23.2 Å². The first-order valence-corrected chi connectivity index (χ1v) is 13.1. The second kappa shape index (κ2) is 12.7. The summed E-state index contributed by atoms with van der Waals surface area (Å²) in [6.45, 7) is -0.404. The van der Waals surface area contributed by atoms with Crippen molar-refractivity contribution < 1.29 is 26.1 Å². The number of benzene rings is 4. The quantitative estimate of drug-likeness (QED) is 0.291. The lowest BCUT2D eigenvalue weighted by Gasteiger charge is -2.28. The monoisotopic (exact) mass is 522 g/mol. The van der Waals surface area contributed by atoms with E-state index in [0.717, 1.165) is 24.8 Å². The lowest BCUT2D eigenvalue weighted by molar-refractivity contribution is -0.00000708. The summed E-state index contributed by atoms with van der Waals surface area (Å²) in [6, 6.07) is 40.7. The minimum absolute atomic E-state index is 0. The van der Waals surface area contributed by atoms with Gasteiger partial charge in [-0.25, -0.2) is 4.39 Å². The highest BCUT2D eigenvalue weighted by Gasteiger charge is 2.44. The van der Waals surface area contributed by atoms with E-state index in [2.05, 4.69) is 103 Å². The van der Waals surface area contributed by atoms with Crippen molar-refractivity contribution in [3.8, 4) is 5.75 Å². The van der Waals surface area contributed by atoms with E-state index in [4.69, 9.17) is 4.74 Å². The van der Waals surface area contributed by atoms with Gasteiger partial charge in [-0.15, -0.1) is 0 Å². The van der Waals surface area contributed by atoms with E-state index in [1.165, 1.54) is 21.5 Å². The number of hydrogen-bond donors (Lipinski definition) is 0. The molecule has 0 fully saturated rings. The van der Waals surface area contributed by atoms with E-state index in [1.54, 1.807) is 0 Å². The summed E-state index contributed by atoms with van der Waals surface area (Å²) in [5, 5.41) is 4.00. The van der Waals surface area contributed by atoms with Crippen molar-refractivity contribution in [1.29, 1.82) is 0 Å². The van der Waals surface area contributed by atoms with Crippen LogP contribution in [-0.2, 0) is 6.42 Å². The summed E-state index contributed by atoms with van der Waals surface area (Å²) in [6.07, 6.45) is 3.18. The van der Waals surface area contributed by atoms with Crippen LogP contribution in [0.1, 0.15) is 12.0 Å². The molecule has 0 saturated carbocycles. The van der Waals surface area contributed by atoms with Gasteiger partial charge >= 0.3 is 0 Å². The molecule has 0 unspecified atom stereocenters. The molecule has 0 heterocycles. The highest BCUT2D eigenvalue weighted by atomic mass is 79.9. The molecule has 4 aromatic carbocycles. The minimum atomic E-state index is -1.92. The fourth-order valence-electron chi connectivity index (χ4n) is 4.33. The van der Waals surface area contributed by atoms with Crippen LogP contribution in [0.4, 0.5) is 4.39 Å². The first kappa shape index (κ1) is 25.1. The molecule has 4 rings (SSSR count). The zero-order valence-electron chi connectivity index (χ0n) is 18.6. The highest BCUT2D eigenvalue weighted by Crippen LogP contribution is 2.56. The zero-order chi connectivity index (χ0) is 22.1. The predicted molar refractivity (Wildman–Crippen MR) is 136 cm³/mol. The van der Waals surface area contributed by atoms with E-state index in [1.807, 2.05) is 12.1 Å². The van der Waals surface area contributed by atoms with Crippen LogP contribution in [0.2, 0.25) is 0 Å². The fourth-order valence-corrected chi connectivity index (χ4v) is 8.68. The normalized spacial score (nSPS) is 10.9. The van der Waals surface area contributed by atoms with E-state index in [9.17, 15) is 4.39 Å². The maximum Gasteiger partial charge on any atom is 0.123 e. The molecule has 4 heteroatoms. The number of hydrogen-bond acceptors (Lipinski definition) is 1. The summed E-state index contributed by atoms with van der Waals surface area (Å²) >= 11 is 0. The molecular weight excluding hydrogens is 494 g/mol. The van der Waals surface area contributed by atoms with Crippen molar-refractivity contribution in [2.45, 2.75) is 12.8 Å². The molecule has 0 aromatic heterocycles. The molecule has 0 aliphatic rings. The summed E-state index contributed by atoms with van der Waals surface area (Å²) in [5.74, 6) is 0.736. The molecule has 4 aromatic rings. The molecule has 1 nitrogen and oxygen atoms in total. The van der Waals surface area contributed by atoms with Crippen molar-refractivity contribution in [2.24, 2.45) is 0 Å². The van der Waals surface area contributed by atoms with Crippen LogP contribution in [0, 0.1) is 0 Å². The Kier molecular flexibility index (Phi) is 9.66. The first-order chi connectivity index (χ1) is 15.8. The third-order valence-electron chi connectivity index (χ3n) is 5.80. The largest absolute Gasteiger partial charge is 1.00 e. The van der Waals surface area contributed by atoms with Crippen molar-refractivity contribution in [2.75, 3.05) is 19.4 Å². The molecule has 0 amide bonds. The summed E-state index contributed by atoms with van der Waals surface area (Å²) in [4.78, 5) is 0. The molecule has 0 bridgehead atoms. The van der Waals surface area contributed by atoms with Crippen LogP contribution in [0.3, 0.4) is 0 Å². The molecule has 0 radical (unpaired) electrons. The molecule has 170 valence electrons. The lowest BCUT2D eigenvalue weighted by atomic mass is 10.1. The lowest BCUT2D eigenvalue weighted by Crippen LogP contribution is -3.00. The van der Waals surface area contributed by atoms with Gasteiger partial charge in [0.1, 0.15) is 42.2 Å². The Morgan fingerprint density at radius 3 is 1.76 bits per heavy atom. The van der Waals surface area contributed by atoms with Gasteiger partial charge in [0.25, 0.3) is 0 Å². The van der Waals surface area contributed by atoms with Gasteiger partial charge in [-0.05, 0) is 54.8 Å². The van der Waals surface area contributed by atoms with Crippen LogP contribution in [-0.4, -0.2) is 19.4 Å². The van der Waals surface area contributed by atoms with E-state index in [-0.39, 0.29) is 23.6 Å². The fraction of sp³-hybridized carbons (Fsp3) is 0.172. The van der Waals surface area contributed by atoms with Crippen LogP contribution >= 0.6 is 7.26 Å². The molecule has 0 aliphatic carbocycles. The Morgan fingerprint density at radius 1 is 0.636 bits per heavy atom. The zero-order valence-corrected chi connectivity index (χ0v) is 21.1. The summed E-state index contributed by atoms with van der Waals surface area (Å²) in [5.41, 5.74) is 1.37. The second-order valence-corrected chi connectivity index (χ2v) is 11.4. The Hall–Kier alpha value is -2.48. The smallest absolute Gasteiger partial charge is 0.123 e. The second-order valence-electron chi connectivity index (χ2n) is 7.83. The van der Waals surface area contributed by atoms with Crippen molar-refractivity contribution in [3.05, 3.63) is 121 Å². The third kappa shape index (κ3) is 6.10. The number of halogens is 2. The summed E-state index contributed by atoms with van der Waals surface area (Å²) in [7, 11) is -1.92. The van der Waals surface area contributed by atoms with Crippen LogP contribution in [0.5, 0.6) is 5.75 Å². The van der Waals surface area contributed by atoms with E-state index >= 15 is 0 Å². The molecule has 33 heavy (non-hydrogen) atoms. The topological polar surface area (TPSA) is 9.23 Å². The highest BCUT2D eigenvalue weighted by molar-refractivity contribution is 7.95. The Bertz CT molecular complexity index is 1050. The van der Waals surface area contributed by atoms with E-state index in [0.29, 0.717) is 0 Å². The van der Waals surface area contributed by atoms with Gasteiger partial charge in [0.15, 0.2) is 0 Å². The molecular formula is C29H29BrFOP. The van der Waals surface area contributed by atoms with Gasteiger partial charge in [0.2, 0.25) is 0 Å². The average molecular weight is 523 g/mol. The van der Waals surface area contributed by atoms with Gasteiger partial charge < -0.3 is 21.7 Å². The number of ether oxygens (including phenoxy) is 1. The maximum absolute atomic E-state index is 12.8. The Morgan fingerprint density at radius 2 is 1.18 bits per heavy atom. The SMILES string of the molecule is FCCOc1cccc([P+](CCCc2ccccc2)(c2ccccc2)c2ccccc2)c1.[Br-]. The predicted octanol–water partition coefficient (Wildman–Crippen LogP) is 2.97. The van der Waals surface area contributed by atoms with Crippen LogP contribution in [0.15, 0.2) is 115 Å². The Balaban J connectivity index is 0.00000306. The molecule has 0 aliphatic heterocycles. The molecule has 0 saturated heterocycles. The Labute approximate surface area is 207 Å². The molecule has 0 N–H and O–H groups in total. The van der Waals surface area contributed by atoms with Gasteiger partial charge in [0.05, 0.1) is 6.16 Å². The van der Waals surface area contributed by atoms with E-state index < -0.39 is 13.9 Å². The maximum atomic E-state index is 12.8. The minimum Gasteiger partial charge on any atom is -1.00 e. The number of aryl methyl sites for hydroxylation is 1. The average Bonchev–Trinajstić information content (AvgIpc) is 2.87. The number of rotatable bonds is 10. The van der Waals surface area contributed by atoms with Crippen LogP contribution < -0.4 is 37.6 Å². The van der Waals surface area contributed by atoms with Gasteiger partial charge in [-0.1, -0.05) is 72.8 Å². The van der Waals surface area contributed by atoms with Crippen molar-refractivity contribution in [1.82, 2.24) is 0 Å². The third-order valence-corrected chi connectivity index (χ3v) is 10.3. The standard InChI is InChI=1S/C29H29FOP.BrH/c30-21-22-31-26-15-10-20-29(24-26)32(27-16-6-2-7-17-27,28-18-8-3-9-19-28)23-11-14-25-12-4-1-5-13-25;/h1-10,12-13,15-20,24H,11,14,21-23H2;1H/q+1;/p-1. The summed E-state index contributed by atoms with van der Waals surface area (Å²) < 4.78 is 18.4. The molecule has 0 atom stereocenters. The van der Waals surface area contributed by atoms with Crippen molar-refractivity contribution in [3.63, 3.8) is 0 Å². The van der Waals surface area contributed by atoms with Gasteiger partial charge in [0, 0.05) is 6.07 Å².